The zero-order valence-electron chi connectivity index (χ0n) is 13.2. The number of ether oxygens (including phenoxy) is 1. The number of nitrogens with zero attached hydrogens (tertiary/aromatic N) is 4. The smallest absolute Gasteiger partial charge is 0.270 e. The number of carbonyl (C=O) groups excluding carboxylic acids is 1. The van der Waals surface area contributed by atoms with Gasteiger partial charge in [-0.25, -0.2) is 9.97 Å². The van der Waals surface area contributed by atoms with Gasteiger partial charge in [0.25, 0.3) is 11.5 Å². The fourth-order valence-electron chi connectivity index (χ4n) is 2.82. The number of carbonyl (C=O) groups is 1. The normalized spacial score (nSPS) is 14.1. The summed E-state index contributed by atoms with van der Waals surface area (Å²) in [5.41, 5.74) is 2.06. The van der Waals surface area contributed by atoms with Crippen molar-refractivity contribution >= 4 is 5.91 Å². The molecular formula is C16H18N4O3. The molecule has 0 spiro atoms. The molecule has 0 bridgehead atoms. The Bertz CT molecular complexity index is 800. The number of pyridine rings is 1. The summed E-state index contributed by atoms with van der Waals surface area (Å²) < 4.78 is 6.66. The van der Waals surface area contributed by atoms with Gasteiger partial charge in [-0.15, -0.1) is 0 Å². The Morgan fingerprint density at radius 2 is 2.00 bits per heavy atom. The number of hydrogen-bond acceptors (Lipinski definition) is 5. The summed E-state index contributed by atoms with van der Waals surface area (Å²) in [5, 5.41) is 0. The molecule has 2 aromatic heterocycles. The highest BCUT2D eigenvalue weighted by atomic mass is 16.5. The Balaban J connectivity index is 1.86. The van der Waals surface area contributed by atoms with Gasteiger partial charge in [0.2, 0.25) is 5.88 Å². The van der Waals surface area contributed by atoms with E-state index in [-0.39, 0.29) is 11.5 Å². The number of hydrogen-bond donors (Lipinski definition) is 0. The molecular weight excluding hydrogens is 296 g/mol. The van der Waals surface area contributed by atoms with E-state index in [1.165, 1.54) is 17.0 Å². The maximum atomic E-state index is 12.7. The lowest BCUT2D eigenvalue weighted by molar-refractivity contribution is 0.0751. The van der Waals surface area contributed by atoms with E-state index in [1.54, 1.807) is 31.2 Å². The molecule has 120 valence electrons. The molecule has 1 amide bonds. The van der Waals surface area contributed by atoms with Gasteiger partial charge in [0.15, 0.2) is 0 Å². The van der Waals surface area contributed by atoms with Crippen molar-refractivity contribution in [2.45, 2.75) is 12.8 Å². The predicted octanol–water partition coefficient (Wildman–Crippen LogP) is 0.425. The number of rotatable bonds is 2. The summed E-state index contributed by atoms with van der Waals surface area (Å²) in [6, 6.07) is 4.72. The molecule has 3 rings (SSSR count). The highest BCUT2D eigenvalue weighted by molar-refractivity contribution is 5.92. The van der Waals surface area contributed by atoms with E-state index in [0.717, 1.165) is 11.3 Å². The molecule has 0 radical (unpaired) electrons. The van der Waals surface area contributed by atoms with Crippen LogP contribution in [0.15, 0.2) is 29.3 Å². The van der Waals surface area contributed by atoms with Gasteiger partial charge >= 0.3 is 0 Å². The first-order chi connectivity index (χ1) is 11.1. The summed E-state index contributed by atoms with van der Waals surface area (Å²) in [5.74, 6) is 0.418. The van der Waals surface area contributed by atoms with Crippen molar-refractivity contribution in [1.82, 2.24) is 19.4 Å². The van der Waals surface area contributed by atoms with Crippen molar-refractivity contribution in [2.24, 2.45) is 7.05 Å². The first-order valence-corrected chi connectivity index (χ1v) is 7.44. The van der Waals surface area contributed by atoms with Crippen molar-refractivity contribution in [2.75, 3.05) is 20.2 Å². The molecule has 0 unspecified atom stereocenters. The minimum Gasteiger partial charge on any atom is -0.481 e. The first-order valence-electron chi connectivity index (χ1n) is 7.44. The summed E-state index contributed by atoms with van der Waals surface area (Å²) in [4.78, 5) is 34.6. The lowest BCUT2D eigenvalue weighted by Crippen LogP contribution is -2.36. The summed E-state index contributed by atoms with van der Waals surface area (Å²) >= 11 is 0. The highest BCUT2D eigenvalue weighted by Crippen LogP contribution is 2.22. The largest absolute Gasteiger partial charge is 0.481 e. The Morgan fingerprint density at radius 1 is 1.22 bits per heavy atom. The van der Waals surface area contributed by atoms with E-state index in [1.807, 2.05) is 0 Å². The molecule has 0 atom stereocenters. The van der Waals surface area contributed by atoms with Gasteiger partial charge in [-0.05, 0) is 12.5 Å². The maximum Gasteiger partial charge on any atom is 0.270 e. The molecule has 0 fully saturated rings. The molecule has 2 aromatic rings. The van der Waals surface area contributed by atoms with E-state index in [0.29, 0.717) is 37.5 Å². The lowest BCUT2D eigenvalue weighted by atomic mass is 10.1. The minimum absolute atomic E-state index is 0.148. The molecule has 0 aliphatic carbocycles. The second-order valence-corrected chi connectivity index (χ2v) is 5.41. The first kappa shape index (κ1) is 15.2. The van der Waals surface area contributed by atoms with Crippen LogP contribution in [0.1, 0.15) is 21.7 Å². The molecule has 0 saturated heterocycles. The minimum atomic E-state index is -0.193. The lowest BCUT2D eigenvalue weighted by Gasteiger charge is -2.21. The van der Waals surface area contributed by atoms with Crippen molar-refractivity contribution < 1.29 is 9.53 Å². The van der Waals surface area contributed by atoms with Crippen LogP contribution in [0.25, 0.3) is 0 Å². The topological polar surface area (TPSA) is 77.3 Å². The van der Waals surface area contributed by atoms with E-state index in [4.69, 9.17) is 4.74 Å². The zero-order valence-corrected chi connectivity index (χ0v) is 13.2. The quantitative estimate of drug-likeness (QED) is 0.803. The Morgan fingerprint density at radius 3 is 2.78 bits per heavy atom. The van der Waals surface area contributed by atoms with Crippen LogP contribution >= 0.6 is 0 Å². The molecule has 7 nitrogen and oxygen atoms in total. The highest BCUT2D eigenvalue weighted by Gasteiger charge is 2.24. The molecule has 1 aliphatic heterocycles. The van der Waals surface area contributed by atoms with Gasteiger partial charge in [-0.2, -0.15) is 0 Å². The van der Waals surface area contributed by atoms with Crippen molar-refractivity contribution in [3.63, 3.8) is 0 Å². The van der Waals surface area contributed by atoms with Crippen molar-refractivity contribution in [3.8, 4) is 5.88 Å². The monoisotopic (exact) mass is 314 g/mol. The number of methoxy groups -OCH3 is 1. The Hall–Kier alpha value is -2.70. The van der Waals surface area contributed by atoms with Crippen LogP contribution in [0.4, 0.5) is 0 Å². The third-order valence-electron chi connectivity index (χ3n) is 4.13. The second-order valence-electron chi connectivity index (χ2n) is 5.41. The summed E-state index contributed by atoms with van der Waals surface area (Å²) in [6.45, 7) is 1.09. The number of fused-ring (bicyclic) bond motifs is 1. The average molecular weight is 314 g/mol. The maximum absolute atomic E-state index is 12.7. The molecule has 7 heteroatoms. The molecule has 0 aromatic carbocycles. The van der Waals surface area contributed by atoms with Crippen LogP contribution in [-0.2, 0) is 19.9 Å². The molecule has 23 heavy (non-hydrogen) atoms. The van der Waals surface area contributed by atoms with Gasteiger partial charge in [0.1, 0.15) is 12.0 Å². The third kappa shape index (κ3) is 2.81. The van der Waals surface area contributed by atoms with Crippen LogP contribution in [0.3, 0.4) is 0 Å². The molecule has 1 aliphatic rings. The standard InChI is InChI=1S/C16H18N4O3/c1-19-13(4-3-5-14(19)21)16(22)20-8-6-11-12(7-9-20)17-10-18-15(11)23-2/h3-5,10H,6-9H2,1-2H3. The van der Waals surface area contributed by atoms with Gasteiger partial charge in [-0.3, -0.25) is 9.59 Å². The summed E-state index contributed by atoms with van der Waals surface area (Å²) in [6.07, 6.45) is 2.75. The summed E-state index contributed by atoms with van der Waals surface area (Å²) in [7, 11) is 3.19. The number of amides is 1. The zero-order chi connectivity index (χ0) is 16.4. The molecule has 0 N–H and O–H groups in total. The van der Waals surface area contributed by atoms with E-state index >= 15 is 0 Å². The van der Waals surface area contributed by atoms with Crippen LogP contribution in [-0.4, -0.2) is 45.5 Å². The Labute approximate surface area is 133 Å². The van der Waals surface area contributed by atoms with Crippen molar-refractivity contribution in [1.29, 1.82) is 0 Å². The van der Waals surface area contributed by atoms with Gasteiger partial charge in [0, 0.05) is 38.2 Å². The molecule has 3 heterocycles. The predicted molar refractivity (Wildman–Crippen MR) is 83.6 cm³/mol. The van der Waals surface area contributed by atoms with E-state index in [9.17, 15) is 9.59 Å². The van der Waals surface area contributed by atoms with Crippen LogP contribution < -0.4 is 10.3 Å². The van der Waals surface area contributed by atoms with E-state index < -0.39 is 0 Å². The van der Waals surface area contributed by atoms with Gasteiger partial charge < -0.3 is 14.2 Å². The van der Waals surface area contributed by atoms with Gasteiger partial charge in [-0.1, -0.05) is 6.07 Å². The number of aromatic nitrogens is 3. The average Bonchev–Trinajstić information content (AvgIpc) is 2.79. The van der Waals surface area contributed by atoms with Crippen molar-refractivity contribution in [3.05, 3.63) is 51.8 Å². The fourth-order valence-corrected chi connectivity index (χ4v) is 2.82. The Kier molecular flexibility index (Phi) is 4.10. The fraction of sp³-hybridized carbons (Fsp3) is 0.375. The van der Waals surface area contributed by atoms with Gasteiger partial charge in [0.05, 0.1) is 12.8 Å². The SMILES string of the molecule is COc1ncnc2c1CCN(C(=O)c1cccc(=O)n1C)CC2. The third-order valence-corrected chi connectivity index (χ3v) is 4.13. The van der Waals surface area contributed by atoms with Crippen LogP contribution in [0.5, 0.6) is 5.88 Å². The van der Waals surface area contributed by atoms with Crippen LogP contribution in [0, 0.1) is 0 Å². The second kappa shape index (κ2) is 6.20. The molecule has 0 saturated carbocycles. The van der Waals surface area contributed by atoms with Crippen LogP contribution in [0.2, 0.25) is 0 Å². The van der Waals surface area contributed by atoms with E-state index in [2.05, 4.69) is 9.97 Å².